The molecule has 2 heterocycles. The number of hydrogen-bond acceptors (Lipinski definition) is 5. The minimum Gasteiger partial charge on any atom is -0.493 e. The molecule has 2 rings (SSSR count). The number of hydrogen-bond donors (Lipinski definition) is 1. The van der Waals surface area contributed by atoms with Crippen molar-refractivity contribution in [2.75, 3.05) is 20.8 Å². The summed E-state index contributed by atoms with van der Waals surface area (Å²) in [5, 5.41) is 3.19. The molecule has 0 bridgehead atoms. The minimum atomic E-state index is 0.691. The Hall–Kier alpha value is -2.14. The molecular weight excluding hydrogens is 254 g/mol. The van der Waals surface area contributed by atoms with Gasteiger partial charge in [0.2, 0.25) is 0 Å². The van der Waals surface area contributed by atoms with Crippen molar-refractivity contribution >= 4 is 0 Å². The molecule has 0 amide bonds. The van der Waals surface area contributed by atoms with Crippen LogP contribution >= 0.6 is 0 Å². The van der Waals surface area contributed by atoms with Gasteiger partial charge in [0.1, 0.15) is 0 Å². The van der Waals surface area contributed by atoms with Crippen LogP contribution in [-0.4, -0.2) is 30.7 Å². The number of methoxy groups -OCH3 is 2. The van der Waals surface area contributed by atoms with E-state index in [1.165, 1.54) is 0 Å². The van der Waals surface area contributed by atoms with Gasteiger partial charge in [-0.3, -0.25) is 9.97 Å². The van der Waals surface area contributed by atoms with Gasteiger partial charge >= 0.3 is 0 Å². The quantitative estimate of drug-likeness (QED) is 0.907. The van der Waals surface area contributed by atoms with Gasteiger partial charge in [-0.15, -0.1) is 0 Å². The van der Waals surface area contributed by atoms with Crippen LogP contribution in [0.3, 0.4) is 0 Å². The number of nitrogens with one attached hydrogen (secondary N) is 1. The second-order valence-corrected chi connectivity index (χ2v) is 3.80. The standard InChI is InChI=1S/C10H16N2O2.C5H5N/c1-4-11-7-8-10(14-3)9(13-2)5-6-12-8;1-2-4-6-5-3-1/h5-6,11H,4,7H2,1-3H3;1-5H. The first-order valence-corrected chi connectivity index (χ1v) is 6.45. The third-order valence-corrected chi connectivity index (χ3v) is 2.48. The average Bonchev–Trinajstić information content (AvgIpc) is 2.54. The molecule has 0 atom stereocenters. The maximum Gasteiger partial charge on any atom is 0.183 e. The maximum absolute atomic E-state index is 5.24. The lowest BCUT2D eigenvalue weighted by Crippen LogP contribution is -2.14. The van der Waals surface area contributed by atoms with Crippen molar-refractivity contribution in [3.8, 4) is 11.5 Å². The Morgan fingerprint density at radius 1 is 1.05 bits per heavy atom. The van der Waals surface area contributed by atoms with E-state index >= 15 is 0 Å². The van der Waals surface area contributed by atoms with E-state index in [0.29, 0.717) is 12.3 Å². The summed E-state index contributed by atoms with van der Waals surface area (Å²) in [5.41, 5.74) is 0.869. The van der Waals surface area contributed by atoms with Crippen molar-refractivity contribution in [3.05, 3.63) is 48.5 Å². The van der Waals surface area contributed by atoms with Gasteiger partial charge in [-0.05, 0) is 18.7 Å². The molecule has 5 heteroatoms. The molecule has 0 aliphatic heterocycles. The van der Waals surface area contributed by atoms with Crippen molar-refractivity contribution < 1.29 is 9.47 Å². The van der Waals surface area contributed by atoms with Crippen molar-refractivity contribution in [3.63, 3.8) is 0 Å². The normalized spacial score (nSPS) is 9.35. The Kier molecular flexibility index (Phi) is 7.76. The first kappa shape index (κ1) is 15.9. The minimum absolute atomic E-state index is 0.691. The van der Waals surface area contributed by atoms with Gasteiger partial charge in [-0.1, -0.05) is 13.0 Å². The average molecular weight is 275 g/mol. The summed E-state index contributed by atoms with van der Waals surface area (Å²) >= 11 is 0. The Bertz CT molecular complexity index is 451. The Morgan fingerprint density at radius 2 is 1.80 bits per heavy atom. The third kappa shape index (κ3) is 5.24. The van der Waals surface area contributed by atoms with Crippen molar-refractivity contribution in [1.29, 1.82) is 0 Å². The summed E-state index contributed by atoms with van der Waals surface area (Å²) in [6.45, 7) is 3.64. The number of nitrogens with zero attached hydrogens (tertiary/aromatic N) is 2. The lowest BCUT2D eigenvalue weighted by molar-refractivity contribution is 0.348. The van der Waals surface area contributed by atoms with E-state index in [4.69, 9.17) is 9.47 Å². The van der Waals surface area contributed by atoms with Gasteiger partial charge in [0.05, 0.1) is 19.9 Å². The summed E-state index contributed by atoms with van der Waals surface area (Å²) in [4.78, 5) is 8.01. The summed E-state index contributed by atoms with van der Waals surface area (Å²) in [5.74, 6) is 1.42. The van der Waals surface area contributed by atoms with Crippen molar-refractivity contribution in [1.82, 2.24) is 15.3 Å². The fourth-order valence-electron chi connectivity index (χ4n) is 1.53. The first-order chi connectivity index (χ1) is 9.83. The van der Waals surface area contributed by atoms with E-state index in [0.717, 1.165) is 18.0 Å². The second kappa shape index (κ2) is 9.75. The highest BCUT2D eigenvalue weighted by atomic mass is 16.5. The summed E-state index contributed by atoms with van der Waals surface area (Å²) in [6, 6.07) is 7.50. The fourth-order valence-corrected chi connectivity index (χ4v) is 1.53. The summed E-state index contributed by atoms with van der Waals surface area (Å²) in [7, 11) is 3.24. The summed E-state index contributed by atoms with van der Waals surface area (Å²) in [6.07, 6.45) is 5.22. The van der Waals surface area contributed by atoms with Crippen LogP contribution in [0.2, 0.25) is 0 Å². The zero-order valence-electron chi connectivity index (χ0n) is 12.2. The predicted octanol–water partition coefficient (Wildman–Crippen LogP) is 2.29. The van der Waals surface area contributed by atoms with Crippen LogP contribution in [0.5, 0.6) is 11.5 Å². The number of ether oxygens (including phenoxy) is 2. The maximum atomic E-state index is 5.24. The van der Waals surface area contributed by atoms with E-state index < -0.39 is 0 Å². The summed E-state index contributed by atoms with van der Waals surface area (Å²) < 4.78 is 10.4. The molecule has 0 fully saturated rings. The van der Waals surface area contributed by atoms with E-state index in [-0.39, 0.29) is 0 Å². The molecule has 0 saturated carbocycles. The fraction of sp³-hybridized carbons (Fsp3) is 0.333. The van der Waals surface area contributed by atoms with Crippen LogP contribution in [0, 0.1) is 0 Å². The van der Waals surface area contributed by atoms with Crippen LogP contribution in [0.4, 0.5) is 0 Å². The Morgan fingerprint density at radius 3 is 2.25 bits per heavy atom. The number of pyridine rings is 2. The molecule has 0 aliphatic rings. The largest absolute Gasteiger partial charge is 0.493 e. The van der Waals surface area contributed by atoms with Crippen molar-refractivity contribution in [2.24, 2.45) is 0 Å². The van der Waals surface area contributed by atoms with Crippen LogP contribution < -0.4 is 14.8 Å². The molecule has 2 aromatic rings. The van der Waals surface area contributed by atoms with E-state index in [2.05, 4.69) is 15.3 Å². The van der Waals surface area contributed by atoms with Gasteiger partial charge < -0.3 is 14.8 Å². The van der Waals surface area contributed by atoms with Gasteiger partial charge in [-0.2, -0.15) is 0 Å². The van der Waals surface area contributed by atoms with E-state index in [1.54, 1.807) is 38.9 Å². The van der Waals surface area contributed by atoms with Crippen LogP contribution in [0.25, 0.3) is 0 Å². The predicted molar refractivity (Wildman–Crippen MR) is 79.0 cm³/mol. The third-order valence-electron chi connectivity index (χ3n) is 2.48. The van der Waals surface area contributed by atoms with Crippen molar-refractivity contribution in [2.45, 2.75) is 13.5 Å². The highest BCUT2D eigenvalue weighted by molar-refractivity contribution is 5.42. The van der Waals surface area contributed by atoms with Gasteiger partial charge in [-0.25, -0.2) is 0 Å². The molecule has 108 valence electrons. The lowest BCUT2D eigenvalue weighted by Gasteiger charge is -2.11. The molecule has 0 aliphatic carbocycles. The molecule has 0 unspecified atom stereocenters. The highest BCUT2D eigenvalue weighted by Gasteiger charge is 2.09. The SMILES string of the molecule is CCNCc1nccc(OC)c1OC.c1ccncc1. The molecule has 0 radical (unpaired) electrons. The molecule has 1 N–H and O–H groups in total. The highest BCUT2D eigenvalue weighted by Crippen LogP contribution is 2.28. The molecular formula is C15H21N3O2. The van der Waals surface area contributed by atoms with Crippen LogP contribution in [-0.2, 0) is 6.54 Å². The van der Waals surface area contributed by atoms with Crippen LogP contribution in [0.15, 0.2) is 42.9 Å². The number of aromatic nitrogens is 2. The van der Waals surface area contributed by atoms with Gasteiger partial charge in [0, 0.05) is 31.2 Å². The Labute approximate surface area is 120 Å². The zero-order valence-corrected chi connectivity index (χ0v) is 12.2. The molecule has 0 spiro atoms. The second-order valence-electron chi connectivity index (χ2n) is 3.80. The Balaban J connectivity index is 0.000000276. The topological polar surface area (TPSA) is 56.3 Å². The van der Waals surface area contributed by atoms with Gasteiger partial charge in [0.25, 0.3) is 0 Å². The lowest BCUT2D eigenvalue weighted by atomic mass is 10.3. The molecule has 20 heavy (non-hydrogen) atoms. The first-order valence-electron chi connectivity index (χ1n) is 6.45. The molecule has 0 aromatic carbocycles. The monoisotopic (exact) mass is 275 g/mol. The van der Waals surface area contributed by atoms with E-state index in [9.17, 15) is 0 Å². The van der Waals surface area contributed by atoms with Gasteiger partial charge in [0.15, 0.2) is 11.5 Å². The smallest absolute Gasteiger partial charge is 0.183 e. The zero-order chi connectivity index (χ0) is 14.6. The molecule has 5 nitrogen and oxygen atoms in total. The number of rotatable bonds is 5. The molecule has 0 saturated heterocycles. The van der Waals surface area contributed by atoms with Crippen LogP contribution in [0.1, 0.15) is 12.6 Å². The van der Waals surface area contributed by atoms with E-state index in [1.807, 2.05) is 25.1 Å². The molecule has 2 aromatic heterocycles.